The number of anilines is 1. The van der Waals surface area contributed by atoms with Crippen molar-refractivity contribution in [1.29, 1.82) is 0 Å². The highest BCUT2D eigenvalue weighted by Gasteiger charge is 2.09. The number of hydrogen-bond donors (Lipinski definition) is 1. The number of para-hydroxylation sites is 1. The van der Waals surface area contributed by atoms with Gasteiger partial charge in [-0.1, -0.05) is 41.4 Å². The highest BCUT2D eigenvalue weighted by molar-refractivity contribution is 14.1. The van der Waals surface area contributed by atoms with Crippen molar-refractivity contribution >= 4 is 57.4 Å². The molecule has 0 aromatic heterocycles. The van der Waals surface area contributed by atoms with Gasteiger partial charge in [-0.25, -0.2) is 0 Å². The third-order valence-electron chi connectivity index (χ3n) is 2.51. The first-order chi connectivity index (χ1) is 9.06. The van der Waals surface area contributed by atoms with Crippen molar-refractivity contribution in [2.45, 2.75) is 6.42 Å². The van der Waals surface area contributed by atoms with Crippen LogP contribution >= 0.6 is 45.8 Å². The maximum Gasteiger partial charge on any atom is 0.228 e. The normalized spacial score (nSPS) is 10.3. The van der Waals surface area contributed by atoms with E-state index in [9.17, 15) is 4.79 Å². The van der Waals surface area contributed by atoms with Crippen LogP contribution < -0.4 is 5.32 Å². The Labute approximate surface area is 135 Å². The highest BCUT2D eigenvalue weighted by atomic mass is 127. The van der Waals surface area contributed by atoms with Gasteiger partial charge in [-0.2, -0.15) is 0 Å². The van der Waals surface area contributed by atoms with Gasteiger partial charge >= 0.3 is 0 Å². The maximum atomic E-state index is 12.0. The zero-order valence-corrected chi connectivity index (χ0v) is 13.5. The Bertz CT molecular complexity index is 616. The lowest BCUT2D eigenvalue weighted by Gasteiger charge is -2.08. The number of nitrogens with one attached hydrogen (secondary N) is 1. The lowest BCUT2D eigenvalue weighted by Crippen LogP contribution is -2.15. The number of rotatable bonds is 3. The van der Waals surface area contributed by atoms with Gasteiger partial charge in [0.2, 0.25) is 5.91 Å². The molecule has 0 atom stereocenters. The molecular formula is C14H10Cl2INO. The summed E-state index contributed by atoms with van der Waals surface area (Å²) in [4.78, 5) is 12.0. The molecule has 0 aliphatic carbocycles. The van der Waals surface area contributed by atoms with E-state index in [2.05, 4.69) is 27.9 Å². The van der Waals surface area contributed by atoms with Crippen molar-refractivity contribution in [3.05, 3.63) is 61.6 Å². The van der Waals surface area contributed by atoms with E-state index in [0.29, 0.717) is 10.0 Å². The van der Waals surface area contributed by atoms with Gasteiger partial charge < -0.3 is 5.32 Å². The summed E-state index contributed by atoms with van der Waals surface area (Å²) in [6.45, 7) is 0. The smallest absolute Gasteiger partial charge is 0.228 e. The second kappa shape index (κ2) is 6.59. The molecule has 0 aliphatic rings. The number of amides is 1. The second-order valence-corrected chi connectivity index (χ2v) is 5.95. The van der Waals surface area contributed by atoms with Crippen LogP contribution in [0.5, 0.6) is 0 Å². The van der Waals surface area contributed by atoms with Gasteiger partial charge in [0.15, 0.2) is 0 Å². The standard InChI is InChI=1S/C14H10Cl2INO/c15-10-6-5-9(11(16)8-10)7-14(19)18-13-4-2-1-3-12(13)17/h1-6,8H,7H2,(H,18,19). The Hall–Kier alpha value is -0.780. The third-order valence-corrected chi connectivity index (χ3v) is 4.04. The fraction of sp³-hybridized carbons (Fsp3) is 0.0714. The van der Waals surface area contributed by atoms with Crippen molar-refractivity contribution in [2.24, 2.45) is 0 Å². The van der Waals surface area contributed by atoms with Gasteiger partial charge in [-0.3, -0.25) is 4.79 Å². The van der Waals surface area contributed by atoms with E-state index in [0.717, 1.165) is 14.8 Å². The van der Waals surface area contributed by atoms with Gasteiger partial charge in [0.05, 0.1) is 12.1 Å². The van der Waals surface area contributed by atoms with Gasteiger partial charge in [0.25, 0.3) is 0 Å². The van der Waals surface area contributed by atoms with E-state index in [4.69, 9.17) is 23.2 Å². The largest absolute Gasteiger partial charge is 0.325 e. The third kappa shape index (κ3) is 4.09. The molecule has 0 radical (unpaired) electrons. The molecule has 0 saturated carbocycles. The molecule has 1 N–H and O–H groups in total. The van der Waals surface area contributed by atoms with Crippen LogP contribution in [0.25, 0.3) is 0 Å². The van der Waals surface area contributed by atoms with Crippen molar-refractivity contribution in [2.75, 3.05) is 5.32 Å². The van der Waals surface area contributed by atoms with E-state index in [1.165, 1.54) is 0 Å². The molecule has 0 fully saturated rings. The van der Waals surface area contributed by atoms with Crippen molar-refractivity contribution in [3.63, 3.8) is 0 Å². The van der Waals surface area contributed by atoms with Crippen LogP contribution in [-0.2, 0) is 11.2 Å². The second-order valence-electron chi connectivity index (χ2n) is 3.94. The lowest BCUT2D eigenvalue weighted by molar-refractivity contribution is -0.115. The fourth-order valence-electron chi connectivity index (χ4n) is 1.60. The summed E-state index contributed by atoms with van der Waals surface area (Å²) in [5, 5.41) is 3.93. The number of hydrogen-bond acceptors (Lipinski definition) is 1. The van der Waals surface area contributed by atoms with Gasteiger partial charge in [-0.15, -0.1) is 0 Å². The predicted molar refractivity (Wildman–Crippen MR) is 88.0 cm³/mol. The van der Waals surface area contributed by atoms with E-state index in [1.54, 1.807) is 18.2 Å². The molecule has 0 heterocycles. The van der Waals surface area contributed by atoms with E-state index >= 15 is 0 Å². The number of carbonyl (C=O) groups excluding carboxylic acids is 1. The van der Waals surface area contributed by atoms with Crippen LogP contribution in [0, 0.1) is 3.57 Å². The summed E-state index contributed by atoms with van der Waals surface area (Å²) < 4.78 is 0.996. The highest BCUT2D eigenvalue weighted by Crippen LogP contribution is 2.22. The molecule has 19 heavy (non-hydrogen) atoms. The van der Waals surface area contributed by atoms with Crippen LogP contribution in [0.2, 0.25) is 10.0 Å². The van der Waals surface area contributed by atoms with Crippen molar-refractivity contribution < 1.29 is 4.79 Å². The molecule has 0 unspecified atom stereocenters. The summed E-state index contributed by atoms with van der Waals surface area (Å²) in [6.07, 6.45) is 0.223. The first-order valence-corrected chi connectivity index (χ1v) is 7.38. The molecule has 2 aromatic rings. The van der Waals surface area contributed by atoms with Crippen LogP contribution in [0.3, 0.4) is 0 Å². The molecule has 2 rings (SSSR count). The average Bonchev–Trinajstić information content (AvgIpc) is 2.36. The molecule has 2 aromatic carbocycles. The molecule has 1 amide bonds. The van der Waals surface area contributed by atoms with Gasteiger partial charge in [0, 0.05) is 13.6 Å². The first-order valence-electron chi connectivity index (χ1n) is 5.54. The number of benzene rings is 2. The van der Waals surface area contributed by atoms with Crippen molar-refractivity contribution in [3.8, 4) is 0 Å². The minimum absolute atomic E-state index is 0.103. The Morgan fingerprint density at radius 3 is 2.58 bits per heavy atom. The molecule has 0 aliphatic heterocycles. The van der Waals surface area contributed by atoms with E-state index < -0.39 is 0 Å². The van der Waals surface area contributed by atoms with Crippen molar-refractivity contribution in [1.82, 2.24) is 0 Å². The number of carbonyl (C=O) groups is 1. The minimum Gasteiger partial charge on any atom is -0.325 e. The summed E-state index contributed by atoms with van der Waals surface area (Å²) >= 11 is 14.0. The van der Waals surface area contributed by atoms with Crippen LogP contribution in [0.1, 0.15) is 5.56 Å². The Balaban J connectivity index is 2.08. The molecular weight excluding hydrogens is 396 g/mol. The first kappa shape index (κ1) is 14.6. The Morgan fingerprint density at radius 2 is 1.89 bits per heavy atom. The number of halogens is 3. The fourth-order valence-corrected chi connectivity index (χ4v) is 2.59. The zero-order chi connectivity index (χ0) is 13.8. The molecule has 0 bridgehead atoms. The topological polar surface area (TPSA) is 29.1 Å². The quantitative estimate of drug-likeness (QED) is 0.731. The molecule has 0 saturated heterocycles. The summed E-state index contributed by atoms with van der Waals surface area (Å²) in [7, 11) is 0. The van der Waals surface area contributed by atoms with Crippen LogP contribution in [0.4, 0.5) is 5.69 Å². The minimum atomic E-state index is -0.103. The molecule has 0 spiro atoms. The van der Waals surface area contributed by atoms with Gasteiger partial charge in [-0.05, 0) is 52.4 Å². The SMILES string of the molecule is O=C(Cc1ccc(Cl)cc1Cl)Nc1ccccc1I. The van der Waals surface area contributed by atoms with Crippen LogP contribution in [-0.4, -0.2) is 5.91 Å². The molecule has 98 valence electrons. The van der Waals surface area contributed by atoms with Gasteiger partial charge in [0.1, 0.15) is 0 Å². The molecule has 2 nitrogen and oxygen atoms in total. The lowest BCUT2D eigenvalue weighted by atomic mass is 10.1. The Morgan fingerprint density at radius 1 is 1.16 bits per heavy atom. The summed E-state index contributed by atoms with van der Waals surface area (Å²) in [6, 6.07) is 12.7. The monoisotopic (exact) mass is 405 g/mol. The Kier molecular flexibility index (Phi) is 5.07. The predicted octanol–water partition coefficient (Wildman–Crippen LogP) is 4.78. The summed E-state index contributed by atoms with van der Waals surface area (Å²) in [5.74, 6) is -0.103. The maximum absolute atomic E-state index is 12.0. The summed E-state index contributed by atoms with van der Waals surface area (Å²) in [5.41, 5.74) is 1.56. The molecule has 5 heteroatoms. The van der Waals surface area contributed by atoms with E-state index in [1.807, 2.05) is 24.3 Å². The average molecular weight is 406 g/mol. The van der Waals surface area contributed by atoms with Crippen LogP contribution in [0.15, 0.2) is 42.5 Å². The zero-order valence-electron chi connectivity index (χ0n) is 9.79. The van der Waals surface area contributed by atoms with E-state index in [-0.39, 0.29) is 12.3 Å².